The van der Waals surface area contributed by atoms with Crippen LogP contribution in [0.5, 0.6) is 0 Å². The molecule has 0 saturated heterocycles. The van der Waals surface area contributed by atoms with Gasteiger partial charge in [0.15, 0.2) is 0 Å². The van der Waals surface area contributed by atoms with E-state index >= 15 is 0 Å². The summed E-state index contributed by atoms with van der Waals surface area (Å²) in [6, 6.07) is 17.5. The van der Waals surface area contributed by atoms with Gasteiger partial charge in [-0.05, 0) is 0 Å². The van der Waals surface area contributed by atoms with E-state index in [0.717, 1.165) is 13.2 Å². The van der Waals surface area contributed by atoms with Crippen molar-refractivity contribution in [1.82, 2.24) is 0 Å². The Kier molecular flexibility index (Phi) is 3.03. The predicted octanol–water partition coefficient (Wildman–Crippen LogP) is 1.37. The average molecular weight is 405 g/mol. The average Bonchev–Trinajstić information content (AvgIpc) is 2.29. The van der Waals surface area contributed by atoms with Crippen molar-refractivity contribution >= 4 is 29.8 Å². The molecule has 0 fully saturated rings. The number of benzene rings is 2. The van der Waals surface area contributed by atoms with Crippen molar-refractivity contribution in [2.45, 2.75) is 13.2 Å². The van der Waals surface area contributed by atoms with Crippen molar-refractivity contribution in [2.24, 2.45) is 0 Å². The van der Waals surface area contributed by atoms with Gasteiger partial charge in [-0.15, -0.1) is 0 Å². The maximum absolute atomic E-state index is 5.76. The zero-order chi connectivity index (χ0) is 10.8. The van der Waals surface area contributed by atoms with Crippen LogP contribution in [0.2, 0.25) is 0 Å². The molecule has 1 heterocycles. The van der Waals surface area contributed by atoms with Crippen molar-refractivity contribution in [3.63, 3.8) is 0 Å². The Hall–Kier alpha value is -0.717. The molecule has 0 spiro atoms. The standard InChI is InChI=1S/C14H12O.Bi/c1-3-7-13(8-4-1)11-15-12-14-9-5-2-6-10-14;/h1-7,9H,11-12H2;/q;+1. The van der Waals surface area contributed by atoms with E-state index in [-0.39, 0.29) is 0 Å². The zero-order valence-electron chi connectivity index (χ0n) is 8.89. The zero-order valence-corrected chi connectivity index (χ0v) is 12.4. The summed E-state index contributed by atoms with van der Waals surface area (Å²) in [7, 11) is 0. The summed E-state index contributed by atoms with van der Waals surface area (Å²) in [6.45, 7) is 1.54. The molecule has 2 aromatic carbocycles. The Morgan fingerprint density at radius 1 is 0.750 bits per heavy atom. The molecule has 16 heavy (non-hydrogen) atoms. The van der Waals surface area contributed by atoms with Crippen LogP contribution >= 0.6 is 0 Å². The predicted molar refractivity (Wildman–Crippen MR) is 66.4 cm³/mol. The fourth-order valence-corrected chi connectivity index (χ4v) is 6.34. The van der Waals surface area contributed by atoms with E-state index in [1.54, 1.807) is 6.54 Å². The summed E-state index contributed by atoms with van der Waals surface area (Å²) in [5.41, 5.74) is 2.79. The molecule has 2 radical (unpaired) electrons. The Bertz CT molecular complexity index is 462. The molecule has 2 aromatic rings. The number of ether oxygens (including phenoxy) is 1. The van der Waals surface area contributed by atoms with E-state index in [0.29, 0.717) is 0 Å². The molecular formula is C14H12BiO+. The van der Waals surface area contributed by atoms with Crippen LogP contribution in [0.3, 0.4) is 0 Å². The third kappa shape index (κ3) is 2.05. The van der Waals surface area contributed by atoms with Crippen LogP contribution in [0.25, 0.3) is 0 Å². The summed E-state index contributed by atoms with van der Waals surface area (Å²) >= 11 is -0.738. The minimum atomic E-state index is -0.738. The van der Waals surface area contributed by atoms with Crippen LogP contribution < -0.4 is 6.54 Å². The van der Waals surface area contributed by atoms with Gasteiger partial charge in [0.25, 0.3) is 0 Å². The molecule has 3 rings (SSSR count). The molecule has 0 amide bonds. The first-order valence-corrected chi connectivity index (χ1v) is 8.86. The molecule has 0 atom stereocenters. The molecule has 0 N–H and O–H groups in total. The molecule has 1 aliphatic heterocycles. The summed E-state index contributed by atoms with van der Waals surface area (Å²) in [5, 5.41) is 0. The molecule has 0 unspecified atom stereocenters. The van der Waals surface area contributed by atoms with Crippen molar-refractivity contribution < 1.29 is 4.74 Å². The maximum atomic E-state index is 5.76. The van der Waals surface area contributed by atoms with E-state index in [1.807, 2.05) is 0 Å². The van der Waals surface area contributed by atoms with Crippen LogP contribution in [0, 0.1) is 0 Å². The topological polar surface area (TPSA) is 9.23 Å². The van der Waals surface area contributed by atoms with Crippen molar-refractivity contribution in [3.05, 3.63) is 59.7 Å². The van der Waals surface area contributed by atoms with Crippen LogP contribution in [0.15, 0.2) is 48.5 Å². The number of hydrogen-bond donors (Lipinski definition) is 0. The molecule has 1 aliphatic rings. The van der Waals surface area contributed by atoms with Crippen molar-refractivity contribution in [1.29, 1.82) is 0 Å². The number of fused-ring (bicyclic) bond motifs is 2. The molecular weight excluding hydrogens is 393 g/mol. The molecule has 78 valence electrons. The fourth-order valence-electron chi connectivity index (χ4n) is 1.88. The SMILES string of the molecule is c1cc[c]2c(c1)COCc1cccc[c]1[Bi+]2. The van der Waals surface area contributed by atoms with Gasteiger partial charge < -0.3 is 0 Å². The minimum absolute atomic E-state index is 0.738. The van der Waals surface area contributed by atoms with Gasteiger partial charge in [0.2, 0.25) is 0 Å². The van der Waals surface area contributed by atoms with Crippen molar-refractivity contribution in [2.75, 3.05) is 0 Å². The van der Waals surface area contributed by atoms with E-state index < -0.39 is 23.2 Å². The third-order valence-electron chi connectivity index (χ3n) is 2.74. The molecule has 2 heteroatoms. The van der Waals surface area contributed by atoms with E-state index in [2.05, 4.69) is 48.5 Å². The molecule has 0 aliphatic carbocycles. The third-order valence-corrected chi connectivity index (χ3v) is 8.00. The summed E-state index contributed by atoms with van der Waals surface area (Å²) in [5.74, 6) is 0. The van der Waals surface area contributed by atoms with Gasteiger partial charge in [-0.25, -0.2) is 0 Å². The van der Waals surface area contributed by atoms with E-state index in [1.165, 1.54) is 11.1 Å². The molecule has 0 bridgehead atoms. The van der Waals surface area contributed by atoms with Gasteiger partial charge in [-0.3, -0.25) is 0 Å². The second kappa shape index (κ2) is 4.65. The normalized spacial score (nSPS) is 14.5. The second-order valence-corrected chi connectivity index (χ2v) is 8.48. The Morgan fingerprint density at radius 3 is 1.81 bits per heavy atom. The van der Waals surface area contributed by atoms with Crippen LogP contribution in [0.1, 0.15) is 11.1 Å². The number of hydrogen-bond acceptors (Lipinski definition) is 1. The Balaban J connectivity index is 2.06. The van der Waals surface area contributed by atoms with Crippen LogP contribution in [-0.4, -0.2) is 23.2 Å². The number of rotatable bonds is 0. The summed E-state index contributed by atoms with van der Waals surface area (Å²) < 4.78 is 8.89. The van der Waals surface area contributed by atoms with E-state index in [4.69, 9.17) is 4.74 Å². The van der Waals surface area contributed by atoms with Crippen LogP contribution in [-0.2, 0) is 18.0 Å². The van der Waals surface area contributed by atoms with Gasteiger partial charge in [-0.1, -0.05) is 0 Å². The van der Waals surface area contributed by atoms with Gasteiger partial charge >= 0.3 is 107 Å². The Morgan fingerprint density at radius 2 is 1.25 bits per heavy atom. The molecule has 0 aromatic heterocycles. The van der Waals surface area contributed by atoms with E-state index in [9.17, 15) is 0 Å². The van der Waals surface area contributed by atoms with Gasteiger partial charge in [0, 0.05) is 0 Å². The second-order valence-electron chi connectivity index (χ2n) is 3.86. The Labute approximate surface area is 107 Å². The quantitative estimate of drug-likeness (QED) is 0.602. The fraction of sp³-hybridized carbons (Fsp3) is 0.143. The first-order chi connectivity index (χ1) is 7.93. The van der Waals surface area contributed by atoms with Gasteiger partial charge in [-0.2, -0.15) is 0 Å². The first-order valence-electron chi connectivity index (χ1n) is 5.39. The van der Waals surface area contributed by atoms with Crippen LogP contribution in [0.4, 0.5) is 0 Å². The van der Waals surface area contributed by atoms with Gasteiger partial charge in [0.05, 0.1) is 0 Å². The molecule has 0 saturated carbocycles. The summed E-state index contributed by atoms with van der Waals surface area (Å²) in [6.07, 6.45) is 0. The van der Waals surface area contributed by atoms with Crippen molar-refractivity contribution in [3.8, 4) is 0 Å². The first kappa shape index (κ1) is 10.4. The molecule has 1 nitrogen and oxygen atoms in total. The monoisotopic (exact) mass is 405 g/mol. The summed E-state index contributed by atoms with van der Waals surface area (Å²) in [4.78, 5) is 0. The van der Waals surface area contributed by atoms with Gasteiger partial charge in [0.1, 0.15) is 0 Å².